The minimum atomic E-state index is -0.00349. The predicted octanol–water partition coefficient (Wildman–Crippen LogP) is 3.71. The van der Waals surface area contributed by atoms with Gasteiger partial charge in [0.2, 0.25) is 0 Å². The van der Waals surface area contributed by atoms with E-state index in [0.717, 1.165) is 25.2 Å². The molecular formula is C17H20ClN3O. The van der Waals surface area contributed by atoms with Crippen molar-refractivity contribution >= 4 is 17.5 Å². The maximum absolute atomic E-state index is 12.8. The zero-order valence-corrected chi connectivity index (χ0v) is 13.7. The summed E-state index contributed by atoms with van der Waals surface area (Å²) in [6.07, 6.45) is 2.23. The summed E-state index contributed by atoms with van der Waals surface area (Å²) in [6.45, 7) is 5.62. The molecule has 0 spiro atoms. The summed E-state index contributed by atoms with van der Waals surface area (Å²) in [5.41, 5.74) is 2.07. The lowest BCUT2D eigenvalue weighted by Gasteiger charge is -2.30. The number of para-hydroxylation sites is 1. The van der Waals surface area contributed by atoms with E-state index in [-0.39, 0.29) is 5.91 Å². The summed E-state index contributed by atoms with van der Waals surface area (Å²) in [5, 5.41) is 4.85. The number of piperidine rings is 1. The molecule has 1 fully saturated rings. The molecule has 0 radical (unpaired) electrons. The molecule has 1 aliphatic rings. The number of halogens is 1. The lowest BCUT2D eigenvalue weighted by molar-refractivity contribution is 0.0682. The van der Waals surface area contributed by atoms with Crippen molar-refractivity contribution < 1.29 is 4.79 Å². The SMILES string of the molecule is Cc1nn(-c2ccccc2)c(Cl)c1C(=O)N1CCCC(C)C1. The van der Waals surface area contributed by atoms with Crippen LogP contribution in [0.2, 0.25) is 5.15 Å². The van der Waals surface area contributed by atoms with Crippen molar-refractivity contribution in [3.05, 3.63) is 46.7 Å². The van der Waals surface area contributed by atoms with Gasteiger partial charge in [-0.3, -0.25) is 4.79 Å². The Labute approximate surface area is 135 Å². The fourth-order valence-corrected chi connectivity index (χ4v) is 3.37. The molecule has 1 aliphatic heterocycles. The van der Waals surface area contributed by atoms with Crippen molar-refractivity contribution in [2.75, 3.05) is 13.1 Å². The first kappa shape index (κ1) is 15.1. The quantitative estimate of drug-likeness (QED) is 0.847. The van der Waals surface area contributed by atoms with Crippen molar-refractivity contribution in [2.24, 2.45) is 5.92 Å². The molecule has 1 atom stereocenters. The molecule has 3 rings (SSSR count). The van der Waals surface area contributed by atoms with Crippen LogP contribution in [0.4, 0.5) is 0 Å². The number of carbonyl (C=O) groups is 1. The number of nitrogens with zero attached hydrogens (tertiary/aromatic N) is 3. The number of carbonyl (C=O) groups excluding carboxylic acids is 1. The highest BCUT2D eigenvalue weighted by molar-refractivity contribution is 6.33. The first-order chi connectivity index (χ1) is 10.6. The van der Waals surface area contributed by atoms with E-state index in [2.05, 4.69) is 12.0 Å². The lowest BCUT2D eigenvalue weighted by atomic mass is 9.99. The third kappa shape index (κ3) is 2.75. The first-order valence-corrected chi connectivity index (χ1v) is 8.05. The van der Waals surface area contributed by atoms with Crippen LogP contribution in [0.25, 0.3) is 5.69 Å². The van der Waals surface area contributed by atoms with Gasteiger partial charge in [-0.15, -0.1) is 0 Å². The zero-order valence-electron chi connectivity index (χ0n) is 12.9. The lowest BCUT2D eigenvalue weighted by Crippen LogP contribution is -2.39. The Morgan fingerprint density at radius 3 is 2.73 bits per heavy atom. The number of hydrogen-bond acceptors (Lipinski definition) is 2. The van der Waals surface area contributed by atoms with Crippen molar-refractivity contribution in [2.45, 2.75) is 26.7 Å². The van der Waals surface area contributed by atoms with Crippen molar-refractivity contribution in [3.63, 3.8) is 0 Å². The maximum Gasteiger partial charge on any atom is 0.258 e. The highest BCUT2D eigenvalue weighted by Crippen LogP contribution is 2.26. The van der Waals surface area contributed by atoms with Crippen molar-refractivity contribution in [3.8, 4) is 5.69 Å². The van der Waals surface area contributed by atoms with E-state index in [1.54, 1.807) is 4.68 Å². The molecule has 5 heteroatoms. The molecule has 1 amide bonds. The van der Waals surface area contributed by atoms with Crippen LogP contribution in [-0.4, -0.2) is 33.7 Å². The van der Waals surface area contributed by atoms with Gasteiger partial charge >= 0.3 is 0 Å². The summed E-state index contributed by atoms with van der Waals surface area (Å²) < 4.78 is 1.64. The molecule has 0 N–H and O–H groups in total. The van der Waals surface area contributed by atoms with E-state index < -0.39 is 0 Å². The minimum Gasteiger partial charge on any atom is -0.338 e. The van der Waals surface area contributed by atoms with Crippen molar-refractivity contribution in [1.82, 2.24) is 14.7 Å². The van der Waals surface area contributed by atoms with Crippen LogP contribution in [0.5, 0.6) is 0 Å². The Morgan fingerprint density at radius 1 is 1.32 bits per heavy atom. The summed E-state index contributed by atoms with van der Waals surface area (Å²) in [6, 6.07) is 9.65. The molecule has 116 valence electrons. The molecule has 1 saturated heterocycles. The van der Waals surface area contributed by atoms with Gasteiger partial charge < -0.3 is 4.90 Å². The fraction of sp³-hybridized carbons (Fsp3) is 0.412. The second-order valence-electron chi connectivity index (χ2n) is 6.00. The van der Waals surface area contributed by atoms with Crippen molar-refractivity contribution in [1.29, 1.82) is 0 Å². The van der Waals surface area contributed by atoms with Crippen LogP contribution in [-0.2, 0) is 0 Å². The van der Waals surface area contributed by atoms with E-state index in [9.17, 15) is 4.79 Å². The second kappa shape index (κ2) is 6.13. The van der Waals surface area contributed by atoms with Gasteiger partial charge in [-0.2, -0.15) is 5.10 Å². The molecule has 22 heavy (non-hydrogen) atoms. The molecule has 2 heterocycles. The van der Waals surface area contributed by atoms with E-state index in [1.165, 1.54) is 6.42 Å². The molecule has 0 aliphatic carbocycles. The smallest absolute Gasteiger partial charge is 0.258 e. The molecule has 4 nitrogen and oxygen atoms in total. The van der Waals surface area contributed by atoms with Gasteiger partial charge in [-0.25, -0.2) is 4.68 Å². The van der Waals surface area contributed by atoms with Gasteiger partial charge in [-0.1, -0.05) is 36.7 Å². The Morgan fingerprint density at radius 2 is 2.05 bits per heavy atom. The fourth-order valence-electron chi connectivity index (χ4n) is 3.01. The predicted molar refractivity (Wildman–Crippen MR) is 87.6 cm³/mol. The first-order valence-electron chi connectivity index (χ1n) is 7.67. The van der Waals surface area contributed by atoms with E-state index in [4.69, 9.17) is 11.6 Å². The highest BCUT2D eigenvalue weighted by Gasteiger charge is 2.28. The normalized spacial score (nSPS) is 18.5. The maximum atomic E-state index is 12.8. The minimum absolute atomic E-state index is 0.00349. The average molecular weight is 318 g/mol. The zero-order chi connectivity index (χ0) is 15.7. The Hall–Kier alpha value is -1.81. The molecule has 1 aromatic heterocycles. The van der Waals surface area contributed by atoms with Crippen LogP contribution in [0.1, 0.15) is 35.8 Å². The topological polar surface area (TPSA) is 38.1 Å². The monoisotopic (exact) mass is 317 g/mol. The Balaban J connectivity index is 1.94. The molecule has 2 aromatic rings. The number of amides is 1. The summed E-state index contributed by atoms with van der Waals surface area (Å²) in [7, 11) is 0. The third-order valence-electron chi connectivity index (χ3n) is 4.16. The van der Waals surface area contributed by atoms with Crippen LogP contribution in [0.15, 0.2) is 30.3 Å². The Bertz CT molecular complexity index is 681. The number of rotatable bonds is 2. The molecular weight excluding hydrogens is 298 g/mol. The van der Waals surface area contributed by atoms with E-state index in [0.29, 0.717) is 22.3 Å². The van der Waals surface area contributed by atoms with Crippen LogP contribution in [0, 0.1) is 12.8 Å². The molecule has 0 saturated carbocycles. The molecule has 1 aromatic carbocycles. The number of aromatic nitrogens is 2. The van der Waals surface area contributed by atoms with Gasteiger partial charge in [0.05, 0.1) is 16.9 Å². The third-order valence-corrected chi connectivity index (χ3v) is 4.51. The Kier molecular flexibility index (Phi) is 4.21. The van der Waals surface area contributed by atoms with E-state index >= 15 is 0 Å². The van der Waals surface area contributed by atoms with Crippen LogP contribution < -0.4 is 0 Å². The number of benzene rings is 1. The molecule has 0 bridgehead atoms. The second-order valence-corrected chi connectivity index (χ2v) is 6.36. The standard InChI is InChI=1S/C17H20ClN3O/c1-12-7-6-10-20(11-12)17(22)15-13(2)19-21(16(15)18)14-8-4-3-5-9-14/h3-5,8-9,12H,6-7,10-11H2,1-2H3. The van der Waals surface area contributed by atoms with Crippen LogP contribution in [0.3, 0.4) is 0 Å². The average Bonchev–Trinajstić information content (AvgIpc) is 2.82. The molecule has 1 unspecified atom stereocenters. The van der Waals surface area contributed by atoms with Crippen LogP contribution >= 0.6 is 11.6 Å². The van der Waals surface area contributed by atoms with Gasteiger partial charge in [0.1, 0.15) is 5.15 Å². The largest absolute Gasteiger partial charge is 0.338 e. The summed E-state index contributed by atoms with van der Waals surface area (Å²) in [4.78, 5) is 14.7. The van der Waals surface area contributed by atoms with E-state index in [1.807, 2.05) is 42.2 Å². The number of likely N-dealkylation sites (tertiary alicyclic amines) is 1. The number of aryl methyl sites for hydroxylation is 1. The summed E-state index contributed by atoms with van der Waals surface area (Å²) >= 11 is 6.47. The van der Waals surface area contributed by atoms with Gasteiger partial charge in [0.25, 0.3) is 5.91 Å². The van der Waals surface area contributed by atoms with Gasteiger partial charge in [0, 0.05) is 13.1 Å². The number of hydrogen-bond donors (Lipinski definition) is 0. The highest BCUT2D eigenvalue weighted by atomic mass is 35.5. The van der Waals surface area contributed by atoms with Gasteiger partial charge in [0.15, 0.2) is 0 Å². The van der Waals surface area contributed by atoms with Gasteiger partial charge in [-0.05, 0) is 37.8 Å². The summed E-state index contributed by atoms with van der Waals surface area (Å²) in [5.74, 6) is 0.539.